The van der Waals surface area contributed by atoms with Crippen LogP contribution in [0.2, 0.25) is 0 Å². The number of aliphatic imine (C=N–C) groups is 1. The van der Waals surface area contributed by atoms with E-state index in [2.05, 4.69) is 34.2 Å². The fourth-order valence-corrected chi connectivity index (χ4v) is 0.796. The lowest BCUT2D eigenvalue weighted by Gasteiger charge is -1.80. The van der Waals surface area contributed by atoms with Crippen LogP contribution in [-0.2, 0) is 0 Å². The Hall–Kier alpha value is -0.120. The minimum absolute atomic E-state index is 0.958. The summed E-state index contributed by atoms with van der Waals surface area (Å²) in [4.78, 5) is 3.97. The van der Waals surface area contributed by atoms with E-state index >= 15 is 0 Å². The van der Waals surface area contributed by atoms with Crippen LogP contribution in [0.4, 0.5) is 0 Å². The van der Waals surface area contributed by atoms with Crippen LogP contribution >= 0.6 is 22.6 Å². The normalized spacial score (nSPS) is 12.5. The summed E-state index contributed by atoms with van der Waals surface area (Å²) in [5, 5.41) is 0. The molecule has 0 N–H and O–H groups in total. The lowest BCUT2D eigenvalue weighted by Crippen LogP contribution is -1.60. The molecule has 1 nitrogen and oxygen atoms in total. The van der Waals surface area contributed by atoms with E-state index in [1.54, 1.807) is 12.3 Å². The first-order chi connectivity index (χ1) is 3.81. The number of rotatable bonds is 2. The molecule has 2 heteroatoms. The maximum atomic E-state index is 3.97. The van der Waals surface area contributed by atoms with E-state index in [9.17, 15) is 0 Å². The van der Waals surface area contributed by atoms with E-state index < -0.39 is 0 Å². The van der Waals surface area contributed by atoms with Crippen molar-refractivity contribution in [2.24, 2.45) is 4.99 Å². The Morgan fingerprint density at radius 3 is 2.75 bits per heavy atom. The topological polar surface area (TPSA) is 12.4 Å². The second-order valence-corrected chi connectivity index (χ2v) is 2.22. The van der Waals surface area contributed by atoms with Crippen molar-refractivity contribution in [1.29, 1.82) is 0 Å². The van der Waals surface area contributed by atoms with E-state index in [1.165, 1.54) is 0 Å². The first-order valence-electron chi connectivity index (χ1n) is 2.28. The molecule has 0 heterocycles. The van der Waals surface area contributed by atoms with Crippen LogP contribution in [-0.4, -0.2) is 6.21 Å². The van der Waals surface area contributed by atoms with Gasteiger partial charge in [-0.2, -0.15) is 0 Å². The second-order valence-electron chi connectivity index (χ2n) is 1.11. The molecule has 0 aromatic heterocycles. The summed E-state index contributed by atoms with van der Waals surface area (Å²) in [5.74, 6) is 0. The van der Waals surface area contributed by atoms with Crippen LogP contribution in [0.1, 0.15) is 6.92 Å². The quantitative estimate of drug-likeness (QED) is 0.294. The fourth-order valence-electron chi connectivity index (χ4n) is 0.264. The predicted octanol–water partition coefficient (Wildman–Crippen LogP) is 2.54. The molecule has 0 saturated carbocycles. The Morgan fingerprint density at radius 1 is 1.75 bits per heavy atom. The van der Waals surface area contributed by atoms with Crippen LogP contribution in [0.15, 0.2) is 27.4 Å². The molecule has 0 spiro atoms. The number of allylic oxidation sites excluding steroid dienone is 2. The van der Waals surface area contributed by atoms with Crippen molar-refractivity contribution in [3.8, 4) is 0 Å². The molecule has 0 atom stereocenters. The molecule has 0 aliphatic heterocycles. The summed E-state index contributed by atoms with van der Waals surface area (Å²) in [7, 11) is 0. The summed E-state index contributed by atoms with van der Waals surface area (Å²) in [6.45, 7) is 5.41. The Kier molecular flexibility index (Phi) is 4.95. The van der Waals surface area contributed by atoms with Crippen LogP contribution in [0.25, 0.3) is 0 Å². The molecule has 0 fully saturated rings. The van der Waals surface area contributed by atoms with Gasteiger partial charge < -0.3 is 0 Å². The summed E-state index contributed by atoms with van der Waals surface area (Å²) < 4.78 is 0.958. The van der Waals surface area contributed by atoms with E-state index in [0.29, 0.717) is 0 Å². The van der Waals surface area contributed by atoms with Crippen molar-refractivity contribution in [2.45, 2.75) is 6.92 Å². The molecule has 0 bridgehead atoms. The molecule has 0 aromatic carbocycles. The van der Waals surface area contributed by atoms with Gasteiger partial charge in [-0.15, -0.1) is 0 Å². The van der Waals surface area contributed by atoms with Crippen molar-refractivity contribution in [2.75, 3.05) is 0 Å². The van der Waals surface area contributed by atoms with Gasteiger partial charge in [0.25, 0.3) is 0 Å². The van der Waals surface area contributed by atoms with Gasteiger partial charge in [-0.05, 0) is 35.6 Å². The molecular weight excluding hydrogens is 213 g/mol. The van der Waals surface area contributed by atoms with E-state index in [1.807, 2.05) is 13.0 Å². The summed E-state index contributed by atoms with van der Waals surface area (Å²) >= 11 is 2.13. The van der Waals surface area contributed by atoms with Crippen LogP contribution in [0.3, 0.4) is 0 Å². The van der Waals surface area contributed by atoms with Crippen LogP contribution in [0, 0.1) is 0 Å². The Labute approximate surface area is 63.3 Å². The first-order valence-corrected chi connectivity index (χ1v) is 3.36. The molecule has 8 heavy (non-hydrogen) atoms. The minimum Gasteiger partial charge on any atom is -0.255 e. The average molecular weight is 221 g/mol. The van der Waals surface area contributed by atoms with Crippen molar-refractivity contribution in [3.05, 3.63) is 22.4 Å². The van der Waals surface area contributed by atoms with E-state index in [0.717, 1.165) is 3.70 Å². The number of hydrogen-bond acceptors (Lipinski definition) is 1. The second kappa shape index (κ2) is 5.03. The molecule has 0 rings (SSSR count). The molecule has 0 aliphatic carbocycles. The molecule has 0 aliphatic rings. The van der Waals surface area contributed by atoms with Gasteiger partial charge in [-0.1, -0.05) is 12.7 Å². The van der Waals surface area contributed by atoms with Crippen molar-refractivity contribution in [3.63, 3.8) is 0 Å². The maximum absolute atomic E-state index is 3.97. The molecule has 0 aromatic rings. The lowest BCUT2D eigenvalue weighted by molar-refractivity contribution is 1.56. The standard InChI is InChI=1S/C6H8IN/c1-3-5-6(7)8-4-2/h3-5H,1H2,2H3/b6-5-,8-4?. The zero-order valence-electron chi connectivity index (χ0n) is 4.76. The average Bonchev–Trinajstić information content (AvgIpc) is 1.68. The zero-order valence-corrected chi connectivity index (χ0v) is 6.92. The Bertz CT molecular complexity index is 124. The van der Waals surface area contributed by atoms with Gasteiger partial charge in [0.05, 0.1) is 0 Å². The lowest BCUT2D eigenvalue weighted by atomic mass is 10.6. The van der Waals surface area contributed by atoms with Gasteiger partial charge in [0.2, 0.25) is 0 Å². The third-order valence-corrected chi connectivity index (χ3v) is 1.15. The minimum atomic E-state index is 0.958. The van der Waals surface area contributed by atoms with Gasteiger partial charge >= 0.3 is 0 Å². The smallest absolute Gasteiger partial charge is 0.100 e. The van der Waals surface area contributed by atoms with E-state index in [-0.39, 0.29) is 0 Å². The first kappa shape index (κ1) is 7.88. The highest BCUT2D eigenvalue weighted by molar-refractivity contribution is 14.1. The monoisotopic (exact) mass is 221 g/mol. The summed E-state index contributed by atoms with van der Waals surface area (Å²) in [6, 6.07) is 0. The van der Waals surface area contributed by atoms with Gasteiger partial charge in [-0.3, -0.25) is 4.99 Å². The van der Waals surface area contributed by atoms with Crippen LogP contribution < -0.4 is 0 Å². The number of hydrogen-bond donors (Lipinski definition) is 0. The third kappa shape index (κ3) is 4.05. The summed E-state index contributed by atoms with van der Waals surface area (Å²) in [5.41, 5.74) is 0. The van der Waals surface area contributed by atoms with E-state index in [4.69, 9.17) is 0 Å². The van der Waals surface area contributed by atoms with Gasteiger partial charge in [0.1, 0.15) is 3.70 Å². The van der Waals surface area contributed by atoms with Gasteiger partial charge in [0.15, 0.2) is 0 Å². The van der Waals surface area contributed by atoms with Gasteiger partial charge in [-0.25, -0.2) is 0 Å². The Balaban J connectivity index is 3.79. The zero-order chi connectivity index (χ0) is 6.41. The fraction of sp³-hybridized carbons (Fsp3) is 0.167. The highest BCUT2D eigenvalue weighted by atomic mass is 127. The predicted molar refractivity (Wildman–Crippen MR) is 46.5 cm³/mol. The van der Waals surface area contributed by atoms with Gasteiger partial charge in [0, 0.05) is 6.21 Å². The third-order valence-electron chi connectivity index (χ3n) is 0.508. The van der Waals surface area contributed by atoms with Crippen LogP contribution in [0.5, 0.6) is 0 Å². The van der Waals surface area contributed by atoms with Crippen molar-refractivity contribution in [1.82, 2.24) is 0 Å². The number of halogens is 1. The SMILES string of the molecule is C=C/C=C(/I)N=CC. The summed E-state index contributed by atoms with van der Waals surface area (Å²) in [6.07, 6.45) is 5.32. The largest absolute Gasteiger partial charge is 0.255 e. The molecular formula is C6H8IN. The van der Waals surface area contributed by atoms with Crippen molar-refractivity contribution >= 4 is 28.8 Å². The molecule has 0 unspecified atom stereocenters. The molecule has 0 saturated heterocycles. The number of nitrogens with zero attached hydrogens (tertiary/aromatic N) is 1. The highest BCUT2D eigenvalue weighted by Gasteiger charge is 1.75. The van der Waals surface area contributed by atoms with Crippen molar-refractivity contribution < 1.29 is 0 Å². The Morgan fingerprint density at radius 2 is 2.38 bits per heavy atom. The maximum Gasteiger partial charge on any atom is 0.100 e. The molecule has 44 valence electrons. The molecule has 0 radical (unpaired) electrons. The molecule has 0 amide bonds. The highest BCUT2D eigenvalue weighted by Crippen LogP contribution is 2.05.